The number of nitrogens with one attached hydrogen (secondary N) is 1. The molecule has 2 heterocycles. The van der Waals surface area contributed by atoms with Crippen LogP contribution in [0.25, 0.3) is 22.2 Å². The van der Waals surface area contributed by atoms with Crippen molar-refractivity contribution in [2.75, 3.05) is 6.61 Å². The van der Waals surface area contributed by atoms with E-state index in [9.17, 15) is 8.42 Å². The number of aliphatic hydroxyl groups excluding tert-OH is 1. The zero-order chi connectivity index (χ0) is 18.4. The highest BCUT2D eigenvalue weighted by Crippen LogP contribution is 2.28. The van der Waals surface area contributed by atoms with E-state index in [1.165, 1.54) is 12.1 Å². The maximum absolute atomic E-state index is 11.3. The van der Waals surface area contributed by atoms with Gasteiger partial charge in [-0.2, -0.15) is 0 Å². The fraction of sp³-hybridized carbons (Fsp3) is 0.278. The predicted molar refractivity (Wildman–Crippen MR) is 99.6 cm³/mol. The standard InChI is InChI=1S/C14H13N3O2S.C4H10O/c1-9-8-13-12(6-7-16-14(13)17-9)10-2-4-11(5-3-10)20(15,18)19;1-2-3-4-5/h2-8H,1H3,(H,16,17)(H2,15,18,19);5H,2-4H2,1H3. The Morgan fingerprint density at radius 3 is 2.40 bits per heavy atom. The summed E-state index contributed by atoms with van der Waals surface area (Å²) in [6.07, 6.45) is 3.76. The predicted octanol–water partition coefficient (Wildman–Crippen LogP) is 2.96. The van der Waals surface area contributed by atoms with Crippen LogP contribution in [0, 0.1) is 6.92 Å². The lowest BCUT2D eigenvalue weighted by molar-refractivity contribution is 0.287. The Morgan fingerprint density at radius 1 is 1.20 bits per heavy atom. The van der Waals surface area contributed by atoms with E-state index in [0.717, 1.165) is 40.7 Å². The molecule has 0 fully saturated rings. The third-order valence-corrected chi connectivity index (χ3v) is 4.60. The minimum Gasteiger partial charge on any atom is -0.396 e. The first-order valence-corrected chi connectivity index (χ1v) is 9.60. The lowest BCUT2D eigenvalue weighted by Gasteiger charge is -2.04. The number of nitrogens with two attached hydrogens (primary N) is 1. The van der Waals surface area contributed by atoms with E-state index in [4.69, 9.17) is 10.2 Å². The summed E-state index contributed by atoms with van der Waals surface area (Å²) in [6.45, 7) is 4.36. The van der Waals surface area contributed by atoms with E-state index < -0.39 is 10.0 Å². The van der Waals surface area contributed by atoms with Gasteiger partial charge in [0.05, 0.1) is 4.90 Å². The number of fused-ring (bicyclic) bond motifs is 1. The number of hydrogen-bond donors (Lipinski definition) is 3. The van der Waals surface area contributed by atoms with Crippen molar-refractivity contribution in [2.45, 2.75) is 31.6 Å². The van der Waals surface area contributed by atoms with E-state index in [1.54, 1.807) is 18.3 Å². The van der Waals surface area contributed by atoms with E-state index in [-0.39, 0.29) is 4.90 Å². The smallest absolute Gasteiger partial charge is 0.238 e. The van der Waals surface area contributed by atoms with Crippen LogP contribution >= 0.6 is 0 Å². The van der Waals surface area contributed by atoms with Gasteiger partial charge in [-0.05, 0) is 48.7 Å². The molecule has 0 spiro atoms. The Morgan fingerprint density at radius 2 is 1.88 bits per heavy atom. The Balaban J connectivity index is 0.000000399. The SMILES string of the molecule is CCCCO.Cc1cc2c(-c3ccc(S(N)(=O)=O)cc3)ccnc2[nH]1. The number of aryl methyl sites for hydroxylation is 1. The number of benzene rings is 1. The fourth-order valence-electron chi connectivity index (χ4n) is 2.39. The monoisotopic (exact) mass is 361 g/mol. The lowest BCUT2D eigenvalue weighted by atomic mass is 10.0. The number of H-pyrrole nitrogens is 1. The molecule has 0 atom stereocenters. The third kappa shape index (κ3) is 4.88. The molecule has 0 amide bonds. The molecule has 4 N–H and O–H groups in total. The molecule has 3 aromatic rings. The second kappa shape index (κ2) is 8.24. The van der Waals surface area contributed by atoms with Crippen LogP contribution < -0.4 is 5.14 Å². The van der Waals surface area contributed by atoms with E-state index in [2.05, 4.69) is 16.9 Å². The molecule has 0 bridgehead atoms. The van der Waals surface area contributed by atoms with Gasteiger partial charge in [-0.3, -0.25) is 0 Å². The van der Waals surface area contributed by atoms with Crippen LogP contribution in [0.15, 0.2) is 47.5 Å². The zero-order valence-electron chi connectivity index (χ0n) is 14.4. The average Bonchev–Trinajstić information content (AvgIpc) is 2.95. The number of aliphatic hydroxyl groups is 1. The third-order valence-electron chi connectivity index (χ3n) is 3.67. The number of primary sulfonamides is 1. The second-order valence-electron chi connectivity index (χ2n) is 5.72. The van der Waals surface area contributed by atoms with Gasteiger partial charge in [-0.15, -0.1) is 0 Å². The molecule has 25 heavy (non-hydrogen) atoms. The molecule has 1 aromatic carbocycles. The Kier molecular flexibility index (Phi) is 6.30. The topological polar surface area (TPSA) is 109 Å². The van der Waals surface area contributed by atoms with Gasteiger partial charge in [-0.1, -0.05) is 25.5 Å². The normalized spacial score (nSPS) is 11.2. The number of aromatic nitrogens is 2. The van der Waals surface area contributed by atoms with Gasteiger partial charge in [0.1, 0.15) is 5.65 Å². The van der Waals surface area contributed by atoms with Gasteiger partial charge in [0.2, 0.25) is 10.0 Å². The van der Waals surface area contributed by atoms with Crippen molar-refractivity contribution < 1.29 is 13.5 Å². The first-order chi connectivity index (χ1) is 11.9. The largest absolute Gasteiger partial charge is 0.396 e. The molecule has 7 heteroatoms. The minimum atomic E-state index is -3.66. The van der Waals surface area contributed by atoms with Gasteiger partial charge in [0.15, 0.2) is 0 Å². The van der Waals surface area contributed by atoms with Gasteiger partial charge in [-0.25, -0.2) is 18.5 Å². The van der Waals surface area contributed by atoms with Crippen molar-refractivity contribution in [1.29, 1.82) is 0 Å². The summed E-state index contributed by atoms with van der Waals surface area (Å²) in [5, 5.41) is 14.2. The van der Waals surface area contributed by atoms with Crippen LogP contribution in [0.4, 0.5) is 0 Å². The summed E-state index contributed by atoms with van der Waals surface area (Å²) in [4.78, 5) is 7.56. The molecular formula is C18H23N3O3S. The van der Waals surface area contributed by atoms with Crippen LogP contribution in [-0.4, -0.2) is 30.1 Å². The highest BCUT2D eigenvalue weighted by atomic mass is 32.2. The summed E-state index contributed by atoms with van der Waals surface area (Å²) in [5.74, 6) is 0. The summed E-state index contributed by atoms with van der Waals surface area (Å²) in [7, 11) is -3.66. The number of hydrogen-bond acceptors (Lipinski definition) is 4. The number of rotatable bonds is 4. The first-order valence-electron chi connectivity index (χ1n) is 8.05. The molecule has 0 unspecified atom stereocenters. The van der Waals surface area contributed by atoms with Crippen molar-refractivity contribution >= 4 is 21.1 Å². The van der Waals surface area contributed by atoms with Crippen molar-refractivity contribution in [1.82, 2.24) is 9.97 Å². The van der Waals surface area contributed by atoms with Crippen molar-refractivity contribution in [3.8, 4) is 11.1 Å². The molecule has 0 aliphatic carbocycles. The average molecular weight is 361 g/mol. The van der Waals surface area contributed by atoms with Crippen LogP contribution in [0.3, 0.4) is 0 Å². The Hall–Kier alpha value is -2.22. The van der Waals surface area contributed by atoms with Gasteiger partial charge in [0.25, 0.3) is 0 Å². The summed E-state index contributed by atoms with van der Waals surface area (Å²) in [6, 6.07) is 10.4. The number of sulfonamides is 1. The molecular weight excluding hydrogens is 338 g/mol. The van der Waals surface area contributed by atoms with Crippen LogP contribution in [-0.2, 0) is 10.0 Å². The number of pyridine rings is 1. The molecule has 0 radical (unpaired) electrons. The first kappa shape index (κ1) is 19.1. The molecule has 6 nitrogen and oxygen atoms in total. The van der Waals surface area contributed by atoms with Crippen LogP contribution in [0.2, 0.25) is 0 Å². The van der Waals surface area contributed by atoms with E-state index >= 15 is 0 Å². The zero-order valence-corrected chi connectivity index (χ0v) is 15.2. The molecule has 0 aliphatic heterocycles. The second-order valence-corrected chi connectivity index (χ2v) is 7.28. The van der Waals surface area contributed by atoms with Crippen LogP contribution in [0.5, 0.6) is 0 Å². The van der Waals surface area contributed by atoms with E-state index in [0.29, 0.717) is 6.61 Å². The maximum Gasteiger partial charge on any atom is 0.238 e. The summed E-state index contributed by atoms with van der Waals surface area (Å²) < 4.78 is 22.5. The Labute approximate surface area is 147 Å². The summed E-state index contributed by atoms with van der Waals surface area (Å²) in [5.41, 5.74) is 3.76. The van der Waals surface area contributed by atoms with Crippen molar-refractivity contribution in [2.24, 2.45) is 5.14 Å². The summed E-state index contributed by atoms with van der Waals surface area (Å²) >= 11 is 0. The molecule has 2 aromatic heterocycles. The van der Waals surface area contributed by atoms with Crippen molar-refractivity contribution in [3.05, 3.63) is 48.3 Å². The molecule has 0 saturated heterocycles. The highest BCUT2D eigenvalue weighted by Gasteiger charge is 2.10. The number of nitrogens with zero attached hydrogens (tertiary/aromatic N) is 1. The van der Waals surface area contributed by atoms with Gasteiger partial charge >= 0.3 is 0 Å². The van der Waals surface area contributed by atoms with E-state index in [1.807, 2.05) is 19.1 Å². The van der Waals surface area contributed by atoms with Gasteiger partial charge < -0.3 is 10.1 Å². The number of aromatic amines is 1. The van der Waals surface area contributed by atoms with Crippen LogP contribution in [0.1, 0.15) is 25.5 Å². The molecule has 0 aliphatic rings. The molecule has 3 rings (SSSR count). The quantitative estimate of drug-likeness (QED) is 0.663. The fourth-order valence-corrected chi connectivity index (χ4v) is 2.91. The number of unbranched alkanes of at least 4 members (excludes halogenated alkanes) is 1. The molecule has 0 saturated carbocycles. The van der Waals surface area contributed by atoms with Gasteiger partial charge in [0, 0.05) is 23.9 Å². The molecule has 134 valence electrons. The minimum absolute atomic E-state index is 0.108. The van der Waals surface area contributed by atoms with Crippen molar-refractivity contribution in [3.63, 3.8) is 0 Å². The highest BCUT2D eigenvalue weighted by molar-refractivity contribution is 7.89. The Bertz CT molecular complexity index is 930. The lowest BCUT2D eigenvalue weighted by Crippen LogP contribution is -2.11. The maximum atomic E-state index is 11.3.